The molecule has 0 bridgehead atoms. The fourth-order valence-electron chi connectivity index (χ4n) is 0.423. The Bertz CT molecular complexity index is 273. The number of nitrogens with zero attached hydrogens (tertiary/aromatic N) is 1. The summed E-state index contributed by atoms with van der Waals surface area (Å²) in [4.78, 5) is 0. The Kier molecular flexibility index (Phi) is 5.03. The van der Waals surface area contributed by atoms with E-state index in [1.54, 1.807) is 4.40 Å². The van der Waals surface area contributed by atoms with E-state index in [0.29, 0.717) is 0 Å². The maximum Gasteiger partial charge on any atom is 0.439 e. The quantitative estimate of drug-likeness (QED) is 0.320. The minimum atomic E-state index is -5.91. The average molecular weight is 314 g/mol. The number of halogens is 10. The van der Waals surface area contributed by atoms with E-state index in [2.05, 4.69) is 11.6 Å². The van der Waals surface area contributed by atoms with E-state index in [1.807, 2.05) is 0 Å². The predicted octanol–water partition coefficient (Wildman–Crippen LogP) is 4.33. The molecule has 0 saturated carbocycles. The summed E-state index contributed by atoms with van der Waals surface area (Å²) in [5.41, 5.74) is -3.29. The Labute approximate surface area is 97.1 Å². The lowest BCUT2D eigenvalue weighted by Gasteiger charge is -2.14. The monoisotopic (exact) mass is 313 g/mol. The number of rotatable bonds is 2. The first-order valence-corrected chi connectivity index (χ1v) is 4.62. The van der Waals surface area contributed by atoms with Crippen molar-refractivity contribution < 1.29 is 39.5 Å². The minimum Gasteiger partial charge on any atom is -0.205 e. The van der Waals surface area contributed by atoms with Crippen LogP contribution in [0.25, 0.3) is 0 Å². The molecule has 0 aliphatic rings. The van der Waals surface area contributed by atoms with Gasteiger partial charge in [-0.3, -0.25) is 0 Å². The molecular formula is C5HClF9NS. The molecule has 0 aromatic rings. The van der Waals surface area contributed by atoms with Crippen LogP contribution < -0.4 is 0 Å². The lowest BCUT2D eigenvalue weighted by molar-refractivity contribution is -0.118. The summed E-state index contributed by atoms with van der Waals surface area (Å²) in [5.74, 6) is 0. The molecule has 102 valence electrons. The summed E-state index contributed by atoms with van der Waals surface area (Å²) in [5, 5.41) is 0. The zero-order valence-electron chi connectivity index (χ0n) is 7.21. The highest BCUT2D eigenvalue weighted by Gasteiger charge is 2.54. The van der Waals surface area contributed by atoms with Crippen molar-refractivity contribution in [1.82, 2.24) is 0 Å². The van der Waals surface area contributed by atoms with Gasteiger partial charge in [0.25, 0.3) is 0 Å². The normalized spacial score (nSPS) is 15.6. The van der Waals surface area contributed by atoms with Crippen molar-refractivity contribution in [1.29, 1.82) is 0 Å². The first-order chi connectivity index (χ1) is 7.26. The zero-order valence-corrected chi connectivity index (χ0v) is 8.78. The minimum absolute atomic E-state index is 1.07. The highest BCUT2D eigenvalue weighted by Crippen LogP contribution is 2.37. The van der Waals surface area contributed by atoms with Crippen LogP contribution in [-0.2, 0) is 0 Å². The molecule has 17 heavy (non-hydrogen) atoms. The summed E-state index contributed by atoms with van der Waals surface area (Å²) in [6, 6.07) is 0. The third-order valence-corrected chi connectivity index (χ3v) is 2.26. The molecule has 0 rings (SSSR count). The van der Waals surface area contributed by atoms with Gasteiger partial charge in [-0.05, 0) is 0 Å². The molecule has 0 spiro atoms. The van der Waals surface area contributed by atoms with Gasteiger partial charge in [-0.1, -0.05) is 11.6 Å². The van der Waals surface area contributed by atoms with Crippen LogP contribution in [0.2, 0.25) is 0 Å². The molecule has 0 amide bonds. The van der Waals surface area contributed by atoms with E-state index in [9.17, 15) is 39.5 Å². The van der Waals surface area contributed by atoms with Crippen LogP contribution >= 0.6 is 23.5 Å². The van der Waals surface area contributed by atoms with Crippen molar-refractivity contribution in [3.05, 3.63) is 0 Å². The summed E-state index contributed by atoms with van der Waals surface area (Å²) in [7, 11) is 0. The van der Waals surface area contributed by atoms with Gasteiger partial charge in [0.05, 0.1) is 0 Å². The van der Waals surface area contributed by atoms with Crippen LogP contribution in [-0.4, -0.2) is 28.9 Å². The van der Waals surface area contributed by atoms with Gasteiger partial charge in [0.2, 0.25) is 5.71 Å². The fraction of sp³-hybridized carbons (Fsp3) is 0.800. The second-order valence-corrected chi connectivity index (χ2v) is 3.96. The van der Waals surface area contributed by atoms with Gasteiger partial charge in [0.15, 0.2) is 4.71 Å². The second-order valence-electron chi connectivity index (χ2n) is 2.40. The molecule has 1 atom stereocenters. The molecule has 0 heterocycles. The molecule has 0 aliphatic heterocycles. The lowest BCUT2D eigenvalue weighted by atomic mass is 10.4. The largest absolute Gasteiger partial charge is 0.439 e. The molecule has 0 aromatic heterocycles. The van der Waals surface area contributed by atoms with E-state index in [4.69, 9.17) is 0 Å². The smallest absolute Gasteiger partial charge is 0.205 e. The van der Waals surface area contributed by atoms with E-state index in [0.717, 1.165) is 0 Å². The summed E-state index contributed by atoms with van der Waals surface area (Å²) < 4.78 is 105. The standard InChI is InChI=1S/C5HClF9NS/c6-2(5(13,14)15)17-16-1(3(7,8)9)4(10,11)12/h2H. The molecule has 1 nitrogen and oxygen atoms in total. The van der Waals surface area contributed by atoms with Crippen LogP contribution in [0.15, 0.2) is 4.40 Å². The number of hydrogen-bond acceptors (Lipinski definition) is 2. The van der Waals surface area contributed by atoms with Crippen molar-refractivity contribution in [2.75, 3.05) is 0 Å². The summed E-state index contributed by atoms with van der Waals surface area (Å²) in [6.45, 7) is 0. The molecular weight excluding hydrogens is 313 g/mol. The Morgan fingerprint density at radius 1 is 0.882 bits per heavy atom. The SMILES string of the molecule is FC(F)(F)C(=NSC(Cl)C(F)(F)F)C(F)(F)F. The van der Waals surface area contributed by atoms with Gasteiger partial charge in [0.1, 0.15) is 0 Å². The van der Waals surface area contributed by atoms with E-state index >= 15 is 0 Å². The predicted molar refractivity (Wildman–Crippen MR) is 42.8 cm³/mol. The molecule has 0 aliphatic carbocycles. The van der Waals surface area contributed by atoms with Crippen LogP contribution in [0.3, 0.4) is 0 Å². The zero-order chi connectivity index (χ0) is 14.1. The number of alkyl halides is 10. The van der Waals surface area contributed by atoms with E-state index in [-0.39, 0.29) is 0 Å². The fourth-order valence-corrected chi connectivity index (χ4v) is 1.07. The lowest BCUT2D eigenvalue weighted by Crippen LogP contribution is -2.37. The third kappa shape index (κ3) is 5.70. The molecule has 12 heteroatoms. The third-order valence-electron chi connectivity index (χ3n) is 1.03. The second kappa shape index (κ2) is 5.12. The molecule has 0 aromatic carbocycles. The highest BCUT2D eigenvalue weighted by atomic mass is 35.5. The van der Waals surface area contributed by atoms with Gasteiger partial charge in [-0.25, -0.2) is 4.40 Å². The number of hydrogen-bond donors (Lipinski definition) is 0. The Morgan fingerprint density at radius 2 is 1.24 bits per heavy atom. The van der Waals surface area contributed by atoms with Crippen LogP contribution in [0.1, 0.15) is 0 Å². The summed E-state index contributed by atoms with van der Waals surface area (Å²) >= 11 is 3.43. The van der Waals surface area contributed by atoms with Crippen molar-refractivity contribution in [3.8, 4) is 0 Å². The van der Waals surface area contributed by atoms with Gasteiger partial charge in [-0.2, -0.15) is 39.5 Å². The van der Waals surface area contributed by atoms with Crippen LogP contribution in [0, 0.1) is 0 Å². The molecule has 0 radical (unpaired) electrons. The van der Waals surface area contributed by atoms with Gasteiger partial charge >= 0.3 is 18.5 Å². The highest BCUT2D eigenvalue weighted by molar-refractivity contribution is 8.00. The summed E-state index contributed by atoms with van der Waals surface area (Å²) in [6.07, 6.45) is -17.0. The average Bonchev–Trinajstić information content (AvgIpc) is 1.96. The van der Waals surface area contributed by atoms with Crippen molar-refractivity contribution >= 4 is 29.3 Å². The van der Waals surface area contributed by atoms with Gasteiger partial charge in [0, 0.05) is 11.9 Å². The molecule has 1 unspecified atom stereocenters. The van der Waals surface area contributed by atoms with E-state index < -0.39 is 40.9 Å². The van der Waals surface area contributed by atoms with Gasteiger partial charge in [-0.15, -0.1) is 0 Å². The molecule has 0 saturated heterocycles. The van der Waals surface area contributed by atoms with Crippen molar-refractivity contribution in [3.63, 3.8) is 0 Å². The Balaban J connectivity index is 5.00. The van der Waals surface area contributed by atoms with Crippen molar-refractivity contribution in [2.24, 2.45) is 4.40 Å². The van der Waals surface area contributed by atoms with Crippen molar-refractivity contribution in [2.45, 2.75) is 23.2 Å². The Morgan fingerprint density at radius 3 is 1.47 bits per heavy atom. The molecule has 0 fully saturated rings. The maximum atomic E-state index is 11.8. The van der Waals surface area contributed by atoms with E-state index in [1.165, 1.54) is 0 Å². The van der Waals surface area contributed by atoms with Crippen LogP contribution in [0.5, 0.6) is 0 Å². The first-order valence-electron chi connectivity index (χ1n) is 3.35. The first kappa shape index (κ1) is 16.7. The topological polar surface area (TPSA) is 12.4 Å². The molecule has 0 N–H and O–H groups in total. The Hall–Kier alpha value is -0.320. The van der Waals surface area contributed by atoms with Gasteiger partial charge < -0.3 is 0 Å². The maximum absolute atomic E-state index is 11.8. The van der Waals surface area contributed by atoms with Crippen LogP contribution in [0.4, 0.5) is 39.5 Å².